The molecule has 132 valence electrons. The Kier molecular flexibility index (Phi) is 5.63. The van der Waals surface area contributed by atoms with Crippen LogP contribution in [0.3, 0.4) is 0 Å². The lowest BCUT2D eigenvalue weighted by Crippen LogP contribution is -2.16. The van der Waals surface area contributed by atoms with Gasteiger partial charge in [-0.3, -0.25) is 4.99 Å². The molecule has 0 saturated carbocycles. The van der Waals surface area contributed by atoms with Crippen molar-refractivity contribution < 1.29 is 22.3 Å². The van der Waals surface area contributed by atoms with Gasteiger partial charge < -0.3 is 10.6 Å². The molecule has 0 spiro atoms. The maximum absolute atomic E-state index is 13.2. The number of rotatable bonds is 5. The van der Waals surface area contributed by atoms with E-state index in [2.05, 4.69) is 20.1 Å². The Bertz CT molecular complexity index is 787. The second-order valence-electron chi connectivity index (χ2n) is 4.87. The van der Waals surface area contributed by atoms with Crippen molar-refractivity contribution in [1.82, 2.24) is 9.97 Å². The zero-order chi connectivity index (χ0) is 18.4. The van der Waals surface area contributed by atoms with Gasteiger partial charge in [-0.05, 0) is 30.7 Å². The molecular formula is C15H13F4N5O. The van der Waals surface area contributed by atoms with E-state index in [4.69, 9.17) is 10.6 Å². The molecule has 1 aromatic heterocycles. The van der Waals surface area contributed by atoms with Crippen molar-refractivity contribution in [3.05, 3.63) is 47.5 Å². The van der Waals surface area contributed by atoms with Crippen molar-refractivity contribution >= 4 is 17.6 Å². The van der Waals surface area contributed by atoms with Crippen LogP contribution in [0.2, 0.25) is 0 Å². The van der Waals surface area contributed by atoms with Crippen LogP contribution in [0.5, 0.6) is 6.01 Å². The first-order valence-electron chi connectivity index (χ1n) is 6.88. The molecule has 0 aliphatic rings. The maximum Gasteiger partial charge on any atom is 0.419 e. The molecule has 0 bridgehead atoms. The molecule has 0 fully saturated rings. The molecule has 1 heterocycles. The fourth-order valence-corrected chi connectivity index (χ4v) is 1.66. The number of halogens is 4. The van der Waals surface area contributed by atoms with Gasteiger partial charge in [0.05, 0.1) is 17.5 Å². The fourth-order valence-electron chi connectivity index (χ4n) is 1.66. The average molecular weight is 355 g/mol. The molecule has 25 heavy (non-hydrogen) atoms. The Morgan fingerprint density at radius 3 is 2.56 bits per heavy atom. The van der Waals surface area contributed by atoms with Crippen LogP contribution in [0, 0.1) is 12.7 Å². The number of hydrazone groups is 1. The number of ether oxygens (including phenoxy) is 1. The molecule has 0 atom stereocenters. The van der Waals surface area contributed by atoms with Crippen LogP contribution >= 0.6 is 0 Å². The Labute approximate surface area is 140 Å². The van der Waals surface area contributed by atoms with Gasteiger partial charge in [0.1, 0.15) is 18.1 Å². The molecular weight excluding hydrogens is 342 g/mol. The van der Waals surface area contributed by atoms with Crippen LogP contribution in [0.1, 0.15) is 11.1 Å². The maximum atomic E-state index is 13.2. The largest absolute Gasteiger partial charge is 0.457 e. The number of aryl methyl sites for hydroxylation is 1. The first-order chi connectivity index (χ1) is 11.8. The van der Waals surface area contributed by atoms with Gasteiger partial charge in [-0.15, -0.1) is 0 Å². The van der Waals surface area contributed by atoms with E-state index in [0.717, 1.165) is 17.8 Å². The summed E-state index contributed by atoms with van der Waals surface area (Å²) in [5.41, 5.74) is -0.542. The number of hydrogen-bond donors (Lipinski definition) is 1. The number of aliphatic imine (C=N–C) groups is 1. The van der Waals surface area contributed by atoms with Crippen molar-refractivity contribution in [3.63, 3.8) is 0 Å². The van der Waals surface area contributed by atoms with E-state index in [1.54, 1.807) is 19.3 Å². The van der Waals surface area contributed by atoms with Gasteiger partial charge in [-0.1, -0.05) is 0 Å². The van der Waals surface area contributed by atoms with E-state index >= 15 is 0 Å². The minimum Gasteiger partial charge on any atom is -0.457 e. The summed E-state index contributed by atoms with van der Waals surface area (Å²) >= 11 is 0. The van der Waals surface area contributed by atoms with Gasteiger partial charge in [-0.2, -0.15) is 18.3 Å². The molecule has 0 amide bonds. The average Bonchev–Trinajstić information content (AvgIpc) is 2.57. The molecule has 2 rings (SSSR count). The Morgan fingerprint density at radius 2 is 1.96 bits per heavy atom. The first kappa shape index (κ1) is 18.3. The number of benzene rings is 1. The summed E-state index contributed by atoms with van der Waals surface area (Å²) in [6, 6.07) is 2.45. The Hall–Kier alpha value is -3.04. The van der Waals surface area contributed by atoms with E-state index in [9.17, 15) is 17.6 Å². The summed E-state index contributed by atoms with van der Waals surface area (Å²) in [5.74, 6) is 3.81. The Morgan fingerprint density at radius 1 is 1.28 bits per heavy atom. The smallest absolute Gasteiger partial charge is 0.419 e. The summed E-state index contributed by atoms with van der Waals surface area (Å²) in [4.78, 5) is 11.6. The van der Waals surface area contributed by atoms with E-state index in [0.29, 0.717) is 12.1 Å². The highest BCUT2D eigenvalue weighted by Crippen LogP contribution is 2.33. The highest BCUT2D eigenvalue weighted by molar-refractivity contribution is 6.31. The summed E-state index contributed by atoms with van der Waals surface area (Å²) in [6.45, 7) is 1.66. The molecule has 0 aliphatic carbocycles. The lowest BCUT2D eigenvalue weighted by Gasteiger charge is -2.08. The molecule has 1 aromatic carbocycles. The molecule has 10 heteroatoms. The lowest BCUT2D eigenvalue weighted by molar-refractivity contribution is -0.139. The van der Waals surface area contributed by atoms with Crippen molar-refractivity contribution in [2.45, 2.75) is 13.1 Å². The predicted octanol–water partition coefficient (Wildman–Crippen LogP) is 3.04. The summed E-state index contributed by atoms with van der Waals surface area (Å²) in [5, 5.41) is 3.41. The van der Waals surface area contributed by atoms with Crippen LogP contribution in [-0.4, -0.2) is 28.5 Å². The van der Waals surface area contributed by atoms with E-state index in [1.165, 1.54) is 0 Å². The van der Waals surface area contributed by atoms with Gasteiger partial charge >= 0.3 is 12.2 Å². The van der Waals surface area contributed by atoms with E-state index in [-0.39, 0.29) is 24.0 Å². The number of alkyl halides is 3. The topological polar surface area (TPSA) is 85.8 Å². The van der Waals surface area contributed by atoms with Crippen molar-refractivity contribution in [3.8, 4) is 6.01 Å². The fraction of sp³-hybridized carbons (Fsp3) is 0.200. The number of hydrogen-bond acceptors (Lipinski definition) is 6. The monoisotopic (exact) mass is 355 g/mol. The molecule has 2 N–H and O–H groups in total. The van der Waals surface area contributed by atoms with Crippen LogP contribution in [0.25, 0.3) is 0 Å². The Balaban J connectivity index is 2.07. The van der Waals surface area contributed by atoms with Gasteiger partial charge in [0.2, 0.25) is 0 Å². The second kappa shape index (κ2) is 7.69. The van der Waals surface area contributed by atoms with Crippen molar-refractivity contribution in [2.75, 3.05) is 6.61 Å². The quantitative estimate of drug-likeness (QED) is 0.387. The van der Waals surface area contributed by atoms with Crippen LogP contribution in [0.15, 0.2) is 40.7 Å². The standard InChI is InChI=1S/C15H13F4N5O/c1-9-5-22-14(23-6-9)25-8-11(24-20)7-21-10-2-3-13(16)12(4-10)15(17,18)19/h2-7H,8,20H2,1H3. The van der Waals surface area contributed by atoms with Gasteiger partial charge in [0, 0.05) is 12.4 Å². The van der Waals surface area contributed by atoms with E-state index in [1.807, 2.05) is 0 Å². The number of nitrogens with zero attached hydrogens (tertiary/aromatic N) is 4. The lowest BCUT2D eigenvalue weighted by atomic mass is 10.2. The van der Waals surface area contributed by atoms with Gasteiger partial charge in [-0.25, -0.2) is 14.4 Å². The molecule has 2 aromatic rings. The molecule has 6 nitrogen and oxygen atoms in total. The van der Waals surface area contributed by atoms with Crippen LogP contribution in [0.4, 0.5) is 23.2 Å². The number of nitrogens with two attached hydrogens (primary N) is 1. The normalized spacial score (nSPS) is 12.6. The van der Waals surface area contributed by atoms with Crippen LogP contribution < -0.4 is 10.6 Å². The molecule has 0 radical (unpaired) electrons. The zero-order valence-corrected chi connectivity index (χ0v) is 13.0. The molecule has 0 aliphatic heterocycles. The SMILES string of the molecule is Cc1cnc(OCC(C=Nc2ccc(F)c(C(F)(F)F)c2)=NN)nc1. The highest BCUT2D eigenvalue weighted by Gasteiger charge is 2.34. The third-order valence-electron chi connectivity index (χ3n) is 2.89. The zero-order valence-electron chi connectivity index (χ0n) is 13.0. The van der Waals surface area contributed by atoms with Crippen LogP contribution in [-0.2, 0) is 6.18 Å². The summed E-state index contributed by atoms with van der Waals surface area (Å²) in [7, 11) is 0. The molecule has 0 unspecified atom stereocenters. The minimum absolute atomic E-state index is 0.0845. The van der Waals surface area contributed by atoms with Crippen molar-refractivity contribution in [2.24, 2.45) is 15.9 Å². The first-order valence-corrected chi connectivity index (χ1v) is 6.88. The third-order valence-corrected chi connectivity index (χ3v) is 2.89. The number of aromatic nitrogens is 2. The van der Waals surface area contributed by atoms with Gasteiger partial charge in [0.15, 0.2) is 0 Å². The predicted molar refractivity (Wildman–Crippen MR) is 83.4 cm³/mol. The third kappa shape index (κ3) is 5.23. The minimum atomic E-state index is -4.81. The molecule has 0 saturated heterocycles. The second-order valence-corrected chi connectivity index (χ2v) is 4.87. The summed E-state index contributed by atoms with van der Waals surface area (Å²) in [6.07, 6.45) is -0.604. The van der Waals surface area contributed by atoms with Gasteiger partial charge in [0.25, 0.3) is 0 Å². The van der Waals surface area contributed by atoms with E-state index < -0.39 is 17.6 Å². The van der Waals surface area contributed by atoms with Crippen molar-refractivity contribution in [1.29, 1.82) is 0 Å². The highest BCUT2D eigenvalue weighted by atomic mass is 19.4. The summed E-state index contributed by atoms with van der Waals surface area (Å²) < 4.78 is 56.4.